The first-order valence-electron chi connectivity index (χ1n) is 10.6. The van der Waals surface area contributed by atoms with Crippen molar-refractivity contribution in [1.82, 2.24) is 15.2 Å². The zero-order valence-corrected chi connectivity index (χ0v) is 20.0. The second-order valence-corrected chi connectivity index (χ2v) is 9.94. The predicted octanol–water partition coefficient (Wildman–Crippen LogP) is 3.14. The predicted molar refractivity (Wildman–Crippen MR) is 128 cm³/mol. The summed E-state index contributed by atoms with van der Waals surface area (Å²) in [6.45, 7) is 3.64. The summed E-state index contributed by atoms with van der Waals surface area (Å²) in [5.74, 6) is -1.49. The number of carboxylic acids is 1. The number of aliphatic carboxylic acids is 1. The average Bonchev–Trinajstić information content (AvgIpc) is 3.26. The van der Waals surface area contributed by atoms with Crippen LogP contribution in [0, 0.1) is 5.92 Å². The molecule has 1 aliphatic heterocycles. The van der Waals surface area contributed by atoms with Gasteiger partial charge < -0.3 is 20.4 Å². The average molecular weight is 490 g/mol. The fourth-order valence-corrected chi connectivity index (χ4v) is 5.69. The van der Waals surface area contributed by atoms with E-state index in [2.05, 4.69) is 10.3 Å². The molecule has 2 heterocycles. The Morgan fingerprint density at radius 1 is 1.27 bits per heavy atom. The van der Waals surface area contributed by atoms with Crippen molar-refractivity contribution in [2.75, 3.05) is 11.5 Å². The number of nitrogens with one attached hydrogen (secondary N) is 1. The minimum Gasteiger partial charge on any atom is -0.508 e. The van der Waals surface area contributed by atoms with Gasteiger partial charge in [-0.05, 0) is 35.7 Å². The first-order valence-corrected chi connectivity index (χ1v) is 12.6. The summed E-state index contributed by atoms with van der Waals surface area (Å²) in [6, 6.07) is 8.34. The third kappa shape index (κ3) is 6.20. The molecule has 2 amide bonds. The summed E-state index contributed by atoms with van der Waals surface area (Å²) < 4.78 is 0. The number of phenols is 1. The van der Waals surface area contributed by atoms with Gasteiger partial charge in [-0.15, -0.1) is 23.5 Å². The zero-order valence-electron chi connectivity index (χ0n) is 18.4. The van der Waals surface area contributed by atoms with Gasteiger partial charge in [0.25, 0.3) is 0 Å². The number of hydrogen-bond donors (Lipinski definition) is 3. The third-order valence-corrected chi connectivity index (χ3v) is 7.83. The standard InChI is InChI=1S/C23H27N3O5S2/c1-3-14(2)20(23(30)31)25-21(29)18-12-33-22(15-6-8-16(27)9-7-15)26(18)19(28)13-32-17-5-4-10-24-11-17/h4-11,14,18,20,22,27H,3,12-13H2,1-2H3,(H,25,29)(H,30,31)/t14-,18-,20-,22-/m0/s1. The summed E-state index contributed by atoms with van der Waals surface area (Å²) in [4.78, 5) is 44.6. The molecule has 0 aliphatic carbocycles. The van der Waals surface area contributed by atoms with E-state index in [-0.39, 0.29) is 23.3 Å². The van der Waals surface area contributed by atoms with Crippen LogP contribution in [-0.2, 0) is 14.4 Å². The van der Waals surface area contributed by atoms with Crippen molar-refractivity contribution in [3.63, 3.8) is 0 Å². The highest BCUT2D eigenvalue weighted by atomic mass is 32.2. The molecule has 0 unspecified atom stereocenters. The first-order chi connectivity index (χ1) is 15.8. The van der Waals surface area contributed by atoms with Crippen molar-refractivity contribution in [3.8, 4) is 5.75 Å². The zero-order chi connectivity index (χ0) is 24.0. The maximum absolute atomic E-state index is 13.3. The molecule has 3 rings (SSSR count). The van der Waals surface area contributed by atoms with E-state index in [4.69, 9.17) is 0 Å². The Bertz CT molecular complexity index is 974. The fraction of sp³-hybridized carbons (Fsp3) is 0.391. The number of hydrogen-bond acceptors (Lipinski definition) is 7. The van der Waals surface area contributed by atoms with Crippen LogP contribution in [0.15, 0.2) is 53.7 Å². The van der Waals surface area contributed by atoms with Crippen LogP contribution in [0.2, 0.25) is 0 Å². The number of nitrogens with zero attached hydrogens (tertiary/aromatic N) is 2. The Kier molecular flexibility index (Phi) is 8.62. The number of benzene rings is 1. The van der Waals surface area contributed by atoms with Gasteiger partial charge in [-0.3, -0.25) is 14.6 Å². The lowest BCUT2D eigenvalue weighted by molar-refractivity contribution is -0.145. The second-order valence-electron chi connectivity index (χ2n) is 7.78. The fourth-order valence-electron chi connectivity index (χ4n) is 3.49. The maximum Gasteiger partial charge on any atom is 0.326 e. The highest BCUT2D eigenvalue weighted by Gasteiger charge is 2.43. The number of carbonyl (C=O) groups is 3. The van der Waals surface area contributed by atoms with E-state index in [1.807, 2.05) is 13.0 Å². The molecular formula is C23H27N3O5S2. The lowest BCUT2D eigenvalue weighted by atomic mass is 9.99. The largest absolute Gasteiger partial charge is 0.508 e. The van der Waals surface area contributed by atoms with Gasteiger partial charge in [-0.25, -0.2) is 4.79 Å². The molecule has 1 fully saturated rings. The molecule has 0 radical (unpaired) electrons. The SMILES string of the molecule is CC[C@H](C)[C@H](NC(=O)[C@@H]1CS[C@@H](c2ccc(O)cc2)N1C(=O)CSc1cccnc1)C(=O)O. The molecule has 4 atom stereocenters. The molecule has 1 aromatic heterocycles. The van der Waals surface area contributed by atoms with Crippen molar-refractivity contribution in [3.05, 3.63) is 54.4 Å². The van der Waals surface area contributed by atoms with Gasteiger partial charge >= 0.3 is 5.97 Å². The molecular weight excluding hydrogens is 462 g/mol. The first kappa shape index (κ1) is 24.9. The van der Waals surface area contributed by atoms with E-state index in [1.54, 1.807) is 49.6 Å². The molecule has 8 nitrogen and oxygen atoms in total. The molecule has 0 bridgehead atoms. The van der Waals surface area contributed by atoms with Gasteiger partial charge in [0.05, 0.1) is 5.75 Å². The van der Waals surface area contributed by atoms with E-state index in [1.165, 1.54) is 28.4 Å². The highest BCUT2D eigenvalue weighted by molar-refractivity contribution is 8.00. The molecule has 0 spiro atoms. The molecule has 10 heteroatoms. The van der Waals surface area contributed by atoms with Crippen LogP contribution < -0.4 is 5.32 Å². The van der Waals surface area contributed by atoms with Crippen LogP contribution in [0.25, 0.3) is 0 Å². The van der Waals surface area contributed by atoms with Gasteiger partial charge in [0.2, 0.25) is 11.8 Å². The van der Waals surface area contributed by atoms with Gasteiger partial charge in [0.1, 0.15) is 23.2 Å². The molecule has 1 saturated heterocycles. The monoisotopic (exact) mass is 489 g/mol. The summed E-state index contributed by atoms with van der Waals surface area (Å²) in [6.07, 6.45) is 3.92. The lowest BCUT2D eigenvalue weighted by Gasteiger charge is -2.30. The molecule has 2 aromatic rings. The van der Waals surface area contributed by atoms with Crippen molar-refractivity contribution >= 4 is 41.3 Å². The van der Waals surface area contributed by atoms with Gasteiger partial charge in [-0.2, -0.15) is 0 Å². The van der Waals surface area contributed by atoms with E-state index in [0.717, 1.165) is 10.5 Å². The van der Waals surface area contributed by atoms with Crippen molar-refractivity contribution in [1.29, 1.82) is 0 Å². The van der Waals surface area contributed by atoms with Crippen LogP contribution in [0.4, 0.5) is 0 Å². The molecule has 0 saturated carbocycles. The number of amides is 2. The van der Waals surface area contributed by atoms with Crippen molar-refractivity contribution < 1.29 is 24.6 Å². The molecule has 3 N–H and O–H groups in total. The number of aromatic nitrogens is 1. The quantitative estimate of drug-likeness (QED) is 0.460. The Morgan fingerprint density at radius 2 is 2.00 bits per heavy atom. The van der Waals surface area contributed by atoms with Crippen LogP contribution in [0.1, 0.15) is 31.2 Å². The normalized spacial score (nSPS) is 19.6. The van der Waals surface area contributed by atoms with Crippen LogP contribution >= 0.6 is 23.5 Å². The summed E-state index contributed by atoms with van der Waals surface area (Å²) in [5.41, 5.74) is 0.782. The van der Waals surface area contributed by atoms with E-state index in [0.29, 0.717) is 12.2 Å². The molecule has 33 heavy (non-hydrogen) atoms. The van der Waals surface area contributed by atoms with E-state index < -0.39 is 29.3 Å². The molecule has 1 aliphatic rings. The second kappa shape index (κ2) is 11.4. The van der Waals surface area contributed by atoms with Crippen molar-refractivity contribution in [2.24, 2.45) is 5.92 Å². The van der Waals surface area contributed by atoms with Crippen molar-refractivity contribution in [2.45, 2.75) is 42.6 Å². The minimum absolute atomic E-state index is 0.109. The van der Waals surface area contributed by atoms with Gasteiger partial charge in [0.15, 0.2) is 0 Å². The third-order valence-electron chi connectivity index (χ3n) is 5.54. The number of aromatic hydroxyl groups is 1. The smallest absolute Gasteiger partial charge is 0.326 e. The van der Waals surface area contributed by atoms with Crippen LogP contribution in [0.3, 0.4) is 0 Å². The topological polar surface area (TPSA) is 120 Å². The number of thioether (sulfide) groups is 2. The number of rotatable bonds is 9. The molecule has 1 aromatic carbocycles. The Morgan fingerprint density at radius 3 is 2.61 bits per heavy atom. The molecule has 176 valence electrons. The van der Waals surface area contributed by atoms with Gasteiger partial charge in [0, 0.05) is 23.0 Å². The Balaban J connectivity index is 1.82. The van der Waals surface area contributed by atoms with Crippen LogP contribution in [0.5, 0.6) is 5.75 Å². The Labute approximate surface area is 201 Å². The summed E-state index contributed by atoms with van der Waals surface area (Å²) in [5, 5.41) is 21.4. The number of phenolic OH excluding ortho intramolecular Hbond substituents is 1. The number of carboxylic acid groups (broad SMARTS) is 1. The highest BCUT2D eigenvalue weighted by Crippen LogP contribution is 2.42. The maximum atomic E-state index is 13.3. The minimum atomic E-state index is -1.09. The van der Waals surface area contributed by atoms with Gasteiger partial charge in [-0.1, -0.05) is 32.4 Å². The summed E-state index contributed by atoms with van der Waals surface area (Å²) in [7, 11) is 0. The number of pyridine rings is 1. The number of carbonyl (C=O) groups excluding carboxylic acids is 2. The summed E-state index contributed by atoms with van der Waals surface area (Å²) >= 11 is 2.77. The lowest BCUT2D eigenvalue weighted by Crippen LogP contribution is -2.54. The van der Waals surface area contributed by atoms with E-state index in [9.17, 15) is 24.6 Å². The van der Waals surface area contributed by atoms with Crippen LogP contribution in [-0.4, -0.2) is 61.5 Å². The Hall–Kier alpha value is -2.72. The van der Waals surface area contributed by atoms with E-state index >= 15 is 0 Å².